The van der Waals surface area contributed by atoms with Gasteiger partial charge in [-0.05, 0) is 39.8 Å². The molecule has 0 bridgehead atoms. The lowest BCUT2D eigenvalue weighted by Gasteiger charge is -2.32. The number of nitrogens with zero attached hydrogens (tertiary/aromatic N) is 2. The van der Waals surface area contributed by atoms with Crippen molar-refractivity contribution in [2.45, 2.75) is 31.7 Å². The predicted molar refractivity (Wildman–Crippen MR) is 62.7 cm³/mol. The Balaban J connectivity index is 2.42. The summed E-state index contributed by atoms with van der Waals surface area (Å²) < 4.78 is 0. The van der Waals surface area contributed by atoms with Gasteiger partial charge in [0.25, 0.3) is 0 Å². The van der Waals surface area contributed by atoms with Gasteiger partial charge in [0.05, 0.1) is 6.54 Å². The van der Waals surface area contributed by atoms with E-state index in [0.29, 0.717) is 12.6 Å². The summed E-state index contributed by atoms with van der Waals surface area (Å²) in [7, 11) is 5.77. The second kappa shape index (κ2) is 5.31. The maximum atomic E-state index is 11.8. The topological polar surface area (TPSA) is 23.6 Å². The summed E-state index contributed by atoms with van der Waals surface area (Å²) in [5.74, 6) is 0.220. The maximum Gasteiger partial charge on any atom is 0.236 e. The third kappa shape index (κ3) is 3.67. The fourth-order valence-electron chi connectivity index (χ4n) is 1.98. The Hall–Kier alpha value is -0.830. The van der Waals surface area contributed by atoms with Gasteiger partial charge in [0.15, 0.2) is 0 Å². The third-order valence-electron chi connectivity index (χ3n) is 3.05. The van der Waals surface area contributed by atoms with E-state index in [9.17, 15) is 4.79 Å². The molecule has 1 amide bonds. The Bertz CT molecular complexity index is 238. The van der Waals surface area contributed by atoms with E-state index in [2.05, 4.69) is 6.58 Å². The molecule has 0 unspecified atom stereocenters. The van der Waals surface area contributed by atoms with E-state index in [1.165, 1.54) is 5.57 Å². The van der Waals surface area contributed by atoms with Crippen molar-refractivity contribution in [1.82, 2.24) is 9.80 Å². The van der Waals surface area contributed by atoms with Crippen molar-refractivity contribution in [3.05, 3.63) is 12.2 Å². The summed E-state index contributed by atoms with van der Waals surface area (Å²) in [6, 6.07) is 0.419. The molecule has 0 aliphatic heterocycles. The van der Waals surface area contributed by atoms with E-state index in [-0.39, 0.29) is 5.91 Å². The number of carbonyl (C=O) groups excluding carboxylic acids is 1. The number of carbonyl (C=O) groups is 1. The van der Waals surface area contributed by atoms with Gasteiger partial charge in [0.2, 0.25) is 5.91 Å². The fourth-order valence-corrected chi connectivity index (χ4v) is 1.98. The summed E-state index contributed by atoms with van der Waals surface area (Å²) in [4.78, 5) is 15.6. The summed E-state index contributed by atoms with van der Waals surface area (Å²) in [6.07, 6.45) is 4.30. The summed E-state index contributed by atoms with van der Waals surface area (Å²) in [5, 5.41) is 0. The average Bonchev–Trinajstić information content (AvgIpc) is 2.17. The molecule has 1 saturated carbocycles. The van der Waals surface area contributed by atoms with Crippen LogP contribution in [0.1, 0.15) is 25.7 Å². The van der Waals surface area contributed by atoms with Gasteiger partial charge in [-0.3, -0.25) is 4.79 Å². The van der Waals surface area contributed by atoms with Crippen LogP contribution in [-0.2, 0) is 4.79 Å². The first-order valence-electron chi connectivity index (χ1n) is 5.57. The van der Waals surface area contributed by atoms with Crippen LogP contribution in [0.4, 0.5) is 0 Å². The van der Waals surface area contributed by atoms with Crippen molar-refractivity contribution in [1.29, 1.82) is 0 Å². The van der Waals surface area contributed by atoms with Crippen LogP contribution in [0, 0.1) is 0 Å². The van der Waals surface area contributed by atoms with Gasteiger partial charge in [0, 0.05) is 13.1 Å². The van der Waals surface area contributed by atoms with Crippen molar-refractivity contribution < 1.29 is 4.79 Å². The van der Waals surface area contributed by atoms with Gasteiger partial charge >= 0.3 is 0 Å². The van der Waals surface area contributed by atoms with Crippen molar-refractivity contribution in [2.24, 2.45) is 0 Å². The molecule has 1 rings (SSSR count). The Labute approximate surface area is 92.7 Å². The Kier molecular flexibility index (Phi) is 4.33. The van der Waals surface area contributed by atoms with Crippen LogP contribution in [0.3, 0.4) is 0 Å². The zero-order chi connectivity index (χ0) is 11.4. The average molecular weight is 210 g/mol. The van der Waals surface area contributed by atoms with Crippen LogP contribution in [0.5, 0.6) is 0 Å². The highest BCUT2D eigenvalue weighted by atomic mass is 16.2. The second-order valence-corrected chi connectivity index (χ2v) is 4.72. The molecule has 0 spiro atoms. The minimum Gasteiger partial charge on any atom is -0.342 e. The molecule has 0 heterocycles. The van der Waals surface area contributed by atoms with Gasteiger partial charge < -0.3 is 9.80 Å². The molecule has 0 atom stereocenters. The first-order valence-corrected chi connectivity index (χ1v) is 5.57. The number of allylic oxidation sites excluding steroid dienone is 1. The molecule has 0 aromatic carbocycles. The molecule has 0 N–H and O–H groups in total. The van der Waals surface area contributed by atoms with E-state index >= 15 is 0 Å². The van der Waals surface area contributed by atoms with Crippen molar-refractivity contribution in [2.75, 3.05) is 27.7 Å². The lowest BCUT2D eigenvalue weighted by molar-refractivity contribution is -0.133. The van der Waals surface area contributed by atoms with Crippen LogP contribution >= 0.6 is 0 Å². The normalized spacial score (nSPS) is 18.3. The maximum absolute atomic E-state index is 11.8. The van der Waals surface area contributed by atoms with E-state index in [1.807, 2.05) is 30.9 Å². The van der Waals surface area contributed by atoms with E-state index in [1.54, 1.807) is 0 Å². The molecule has 0 saturated heterocycles. The number of hydrogen-bond donors (Lipinski definition) is 0. The summed E-state index contributed by atoms with van der Waals surface area (Å²) in [5.41, 5.74) is 1.33. The van der Waals surface area contributed by atoms with E-state index < -0.39 is 0 Å². The first-order chi connectivity index (χ1) is 7.00. The van der Waals surface area contributed by atoms with E-state index in [4.69, 9.17) is 0 Å². The molecule has 1 fully saturated rings. The number of amides is 1. The summed E-state index contributed by atoms with van der Waals surface area (Å²) in [6.45, 7) is 4.50. The highest BCUT2D eigenvalue weighted by molar-refractivity contribution is 5.78. The highest BCUT2D eigenvalue weighted by Crippen LogP contribution is 2.25. The molecule has 15 heavy (non-hydrogen) atoms. The van der Waals surface area contributed by atoms with Gasteiger partial charge in [-0.2, -0.15) is 0 Å². The van der Waals surface area contributed by atoms with Gasteiger partial charge in [0.1, 0.15) is 0 Å². The lowest BCUT2D eigenvalue weighted by Crippen LogP contribution is -2.42. The van der Waals surface area contributed by atoms with Crippen LogP contribution in [-0.4, -0.2) is 49.4 Å². The molecule has 0 aromatic heterocycles. The molecular formula is C12H22N2O. The molecule has 3 nitrogen and oxygen atoms in total. The van der Waals surface area contributed by atoms with Crippen molar-refractivity contribution in [3.8, 4) is 0 Å². The monoisotopic (exact) mass is 210 g/mol. The fraction of sp³-hybridized carbons (Fsp3) is 0.750. The molecule has 1 aliphatic rings. The number of likely N-dealkylation sites (N-methyl/N-ethyl adjacent to an activating group) is 2. The molecule has 0 radical (unpaired) electrons. The Morgan fingerprint density at radius 3 is 2.33 bits per heavy atom. The first kappa shape index (κ1) is 12.2. The number of rotatable bonds is 3. The zero-order valence-electron chi connectivity index (χ0n) is 10.1. The van der Waals surface area contributed by atoms with Crippen LogP contribution in [0.15, 0.2) is 12.2 Å². The molecule has 3 heteroatoms. The third-order valence-corrected chi connectivity index (χ3v) is 3.05. The van der Waals surface area contributed by atoms with Gasteiger partial charge in [-0.15, -0.1) is 0 Å². The standard InChI is InChI=1S/C12H22N2O/c1-10-5-7-11(8-6-10)14(4)12(15)9-13(2)3/h11H,1,5-9H2,2-4H3. The molecule has 0 aromatic rings. The number of hydrogen-bond acceptors (Lipinski definition) is 2. The lowest BCUT2D eigenvalue weighted by atomic mass is 9.91. The van der Waals surface area contributed by atoms with Crippen LogP contribution < -0.4 is 0 Å². The molecule has 86 valence electrons. The van der Waals surface area contributed by atoms with Gasteiger partial charge in [-0.1, -0.05) is 12.2 Å². The molecular weight excluding hydrogens is 188 g/mol. The van der Waals surface area contributed by atoms with E-state index in [0.717, 1.165) is 25.7 Å². The largest absolute Gasteiger partial charge is 0.342 e. The Morgan fingerprint density at radius 1 is 1.33 bits per heavy atom. The molecule has 1 aliphatic carbocycles. The smallest absolute Gasteiger partial charge is 0.236 e. The highest BCUT2D eigenvalue weighted by Gasteiger charge is 2.23. The summed E-state index contributed by atoms with van der Waals surface area (Å²) >= 11 is 0. The zero-order valence-corrected chi connectivity index (χ0v) is 10.1. The van der Waals surface area contributed by atoms with Crippen LogP contribution in [0.2, 0.25) is 0 Å². The minimum atomic E-state index is 0.220. The minimum absolute atomic E-state index is 0.220. The van der Waals surface area contributed by atoms with Crippen molar-refractivity contribution in [3.63, 3.8) is 0 Å². The quantitative estimate of drug-likeness (QED) is 0.659. The van der Waals surface area contributed by atoms with Crippen LogP contribution in [0.25, 0.3) is 0 Å². The predicted octanol–water partition coefficient (Wildman–Crippen LogP) is 1.51. The second-order valence-electron chi connectivity index (χ2n) is 4.72. The Morgan fingerprint density at radius 2 is 1.87 bits per heavy atom. The van der Waals surface area contributed by atoms with Crippen molar-refractivity contribution >= 4 is 5.91 Å². The SMILES string of the molecule is C=C1CCC(N(C)C(=O)CN(C)C)CC1. The van der Waals surface area contributed by atoms with Gasteiger partial charge in [-0.25, -0.2) is 0 Å².